The summed E-state index contributed by atoms with van der Waals surface area (Å²) in [5, 5.41) is 2.75. The first kappa shape index (κ1) is 22.4. The van der Waals surface area contributed by atoms with Crippen LogP contribution in [0.15, 0.2) is 76.1 Å². The number of sulfonamides is 1. The van der Waals surface area contributed by atoms with E-state index in [2.05, 4.69) is 28.2 Å². The number of nitrogens with one attached hydrogen (secondary N) is 1. The SMILES string of the molecule is CCc1ccc(OCCNC(=O)CN2c3ccc(Br)cc3-c3ccccc3S2(=O)=O)cc1. The number of aryl methyl sites for hydroxylation is 1. The maximum atomic E-state index is 13.3. The first-order chi connectivity index (χ1) is 15.4. The normalized spacial score (nSPS) is 13.8. The van der Waals surface area contributed by atoms with Crippen LogP contribution in [0.5, 0.6) is 5.75 Å². The zero-order valence-corrected chi connectivity index (χ0v) is 19.9. The van der Waals surface area contributed by atoms with Crippen molar-refractivity contribution in [3.63, 3.8) is 0 Å². The Hall–Kier alpha value is -2.84. The molecular formula is C24H23BrN2O4S. The summed E-state index contributed by atoms with van der Waals surface area (Å²) in [6.07, 6.45) is 0.959. The van der Waals surface area contributed by atoms with Crippen molar-refractivity contribution in [1.29, 1.82) is 0 Å². The van der Waals surface area contributed by atoms with Crippen LogP contribution in [-0.2, 0) is 21.2 Å². The van der Waals surface area contributed by atoms with Crippen LogP contribution in [0.1, 0.15) is 12.5 Å². The van der Waals surface area contributed by atoms with Crippen LogP contribution in [0.4, 0.5) is 5.69 Å². The molecule has 3 aromatic carbocycles. The molecule has 32 heavy (non-hydrogen) atoms. The van der Waals surface area contributed by atoms with Gasteiger partial charge in [-0.3, -0.25) is 9.10 Å². The maximum absolute atomic E-state index is 13.3. The van der Waals surface area contributed by atoms with Gasteiger partial charge in [0.05, 0.1) is 17.1 Å². The van der Waals surface area contributed by atoms with Gasteiger partial charge in [0.1, 0.15) is 18.9 Å². The second kappa shape index (κ2) is 9.34. The third-order valence-electron chi connectivity index (χ3n) is 5.28. The largest absolute Gasteiger partial charge is 0.492 e. The number of fused-ring (bicyclic) bond motifs is 3. The van der Waals surface area contributed by atoms with Crippen molar-refractivity contribution in [1.82, 2.24) is 5.32 Å². The number of anilines is 1. The molecule has 8 heteroatoms. The summed E-state index contributed by atoms with van der Waals surface area (Å²) >= 11 is 3.45. The van der Waals surface area contributed by atoms with Crippen LogP contribution in [0, 0.1) is 0 Å². The Bertz CT molecular complexity index is 1240. The molecule has 0 aromatic heterocycles. The van der Waals surface area contributed by atoms with Crippen molar-refractivity contribution in [3.05, 3.63) is 76.8 Å². The number of benzene rings is 3. The highest BCUT2D eigenvalue weighted by molar-refractivity contribution is 9.10. The Labute approximate surface area is 196 Å². The van der Waals surface area contributed by atoms with Gasteiger partial charge in [-0.25, -0.2) is 8.42 Å². The van der Waals surface area contributed by atoms with Gasteiger partial charge in [-0.05, 0) is 48.4 Å². The van der Waals surface area contributed by atoms with Crippen molar-refractivity contribution in [2.75, 3.05) is 24.0 Å². The molecule has 1 aliphatic rings. The van der Waals surface area contributed by atoms with E-state index in [1.165, 1.54) is 5.56 Å². The smallest absolute Gasteiger partial charge is 0.265 e. The van der Waals surface area contributed by atoms with Crippen LogP contribution in [0.2, 0.25) is 0 Å². The van der Waals surface area contributed by atoms with Crippen LogP contribution in [0.25, 0.3) is 11.1 Å². The van der Waals surface area contributed by atoms with E-state index < -0.39 is 15.9 Å². The maximum Gasteiger partial charge on any atom is 0.265 e. The number of nitrogens with zero attached hydrogens (tertiary/aromatic N) is 1. The van der Waals surface area contributed by atoms with Gasteiger partial charge in [0.2, 0.25) is 5.91 Å². The minimum atomic E-state index is -3.86. The Balaban J connectivity index is 1.44. The lowest BCUT2D eigenvalue weighted by Gasteiger charge is -2.31. The lowest BCUT2D eigenvalue weighted by molar-refractivity contribution is -0.119. The number of rotatable bonds is 7. The highest BCUT2D eigenvalue weighted by atomic mass is 79.9. The molecule has 0 bridgehead atoms. The minimum absolute atomic E-state index is 0.192. The molecule has 1 N–H and O–H groups in total. The quantitative estimate of drug-likeness (QED) is 0.474. The summed E-state index contributed by atoms with van der Waals surface area (Å²) in [5.41, 5.74) is 3.09. The van der Waals surface area contributed by atoms with Gasteiger partial charge in [-0.15, -0.1) is 0 Å². The Morgan fingerprint density at radius 1 is 1.03 bits per heavy atom. The molecule has 0 aliphatic carbocycles. The number of hydrogen-bond donors (Lipinski definition) is 1. The van der Waals surface area contributed by atoms with Crippen LogP contribution in [-0.4, -0.2) is 34.0 Å². The average Bonchev–Trinajstić information content (AvgIpc) is 2.80. The fourth-order valence-corrected chi connectivity index (χ4v) is 5.65. The molecule has 1 aliphatic heterocycles. The topological polar surface area (TPSA) is 75.7 Å². The van der Waals surface area contributed by atoms with Crippen molar-refractivity contribution < 1.29 is 17.9 Å². The van der Waals surface area contributed by atoms with Crippen LogP contribution < -0.4 is 14.4 Å². The fraction of sp³-hybridized carbons (Fsp3) is 0.208. The zero-order valence-electron chi connectivity index (χ0n) is 17.5. The first-order valence-electron chi connectivity index (χ1n) is 10.3. The average molecular weight is 515 g/mol. The Morgan fingerprint density at radius 2 is 1.78 bits per heavy atom. The van der Waals surface area contributed by atoms with Gasteiger partial charge < -0.3 is 10.1 Å². The highest BCUT2D eigenvalue weighted by Crippen LogP contribution is 2.43. The predicted octanol–water partition coefficient (Wildman–Crippen LogP) is 4.38. The fourth-order valence-electron chi connectivity index (χ4n) is 3.64. The summed E-state index contributed by atoms with van der Waals surface area (Å²) in [6, 6.07) is 20.0. The van der Waals surface area contributed by atoms with E-state index in [0.29, 0.717) is 11.3 Å². The Morgan fingerprint density at radius 3 is 2.53 bits per heavy atom. The van der Waals surface area contributed by atoms with Gasteiger partial charge in [-0.2, -0.15) is 0 Å². The summed E-state index contributed by atoms with van der Waals surface area (Å²) in [5.74, 6) is 0.331. The second-order valence-electron chi connectivity index (χ2n) is 7.37. The van der Waals surface area contributed by atoms with E-state index in [1.807, 2.05) is 30.3 Å². The summed E-state index contributed by atoms with van der Waals surface area (Å²) in [6.45, 7) is 2.34. The number of hydrogen-bond acceptors (Lipinski definition) is 4. The molecule has 1 amide bonds. The van der Waals surface area contributed by atoms with Crippen LogP contribution in [0.3, 0.4) is 0 Å². The molecule has 0 spiro atoms. The van der Waals surface area contributed by atoms with Gasteiger partial charge in [-0.1, -0.05) is 53.2 Å². The second-order valence-corrected chi connectivity index (χ2v) is 10.1. The standard InChI is InChI=1S/C24H23BrN2O4S/c1-2-17-7-10-19(11-8-17)31-14-13-26-24(28)16-27-22-12-9-18(25)15-21(22)20-5-3-4-6-23(20)32(27,29)30/h3-12,15H,2,13-14,16H2,1H3,(H,26,28). The molecule has 0 saturated heterocycles. The predicted molar refractivity (Wildman–Crippen MR) is 128 cm³/mol. The molecule has 0 unspecified atom stereocenters. The Kier molecular flexibility index (Phi) is 6.53. The molecule has 6 nitrogen and oxygen atoms in total. The van der Waals surface area contributed by atoms with Crippen molar-refractivity contribution >= 4 is 37.5 Å². The third-order valence-corrected chi connectivity index (χ3v) is 7.60. The lowest BCUT2D eigenvalue weighted by atomic mass is 10.0. The lowest BCUT2D eigenvalue weighted by Crippen LogP contribution is -2.43. The molecular weight excluding hydrogens is 492 g/mol. The monoisotopic (exact) mass is 514 g/mol. The van der Waals surface area contributed by atoms with E-state index >= 15 is 0 Å². The van der Waals surface area contributed by atoms with E-state index in [1.54, 1.807) is 36.4 Å². The highest BCUT2D eigenvalue weighted by Gasteiger charge is 2.35. The molecule has 4 rings (SSSR count). The molecule has 1 heterocycles. The number of carbonyl (C=O) groups excluding carboxylic acids is 1. The van der Waals surface area contributed by atoms with E-state index in [4.69, 9.17) is 4.74 Å². The van der Waals surface area contributed by atoms with E-state index in [9.17, 15) is 13.2 Å². The van der Waals surface area contributed by atoms with E-state index in [0.717, 1.165) is 26.5 Å². The molecule has 0 radical (unpaired) electrons. The molecule has 3 aromatic rings. The number of ether oxygens (including phenoxy) is 1. The number of carbonyl (C=O) groups is 1. The number of amides is 1. The number of halogens is 1. The van der Waals surface area contributed by atoms with Gasteiger partial charge in [0.25, 0.3) is 10.0 Å². The zero-order chi connectivity index (χ0) is 22.7. The van der Waals surface area contributed by atoms with Crippen molar-refractivity contribution in [3.8, 4) is 16.9 Å². The molecule has 0 atom stereocenters. The van der Waals surface area contributed by atoms with Gasteiger partial charge >= 0.3 is 0 Å². The van der Waals surface area contributed by atoms with Gasteiger partial charge in [0.15, 0.2) is 0 Å². The van der Waals surface area contributed by atoms with Crippen LogP contribution >= 0.6 is 15.9 Å². The van der Waals surface area contributed by atoms with Gasteiger partial charge in [0, 0.05) is 15.6 Å². The minimum Gasteiger partial charge on any atom is -0.492 e. The third kappa shape index (κ3) is 4.52. The van der Waals surface area contributed by atoms with E-state index in [-0.39, 0.29) is 24.6 Å². The van der Waals surface area contributed by atoms with Crippen molar-refractivity contribution in [2.45, 2.75) is 18.2 Å². The first-order valence-corrected chi connectivity index (χ1v) is 12.5. The molecule has 0 fully saturated rings. The molecule has 166 valence electrons. The molecule has 0 saturated carbocycles. The summed E-state index contributed by atoms with van der Waals surface area (Å²) in [7, 11) is -3.86. The summed E-state index contributed by atoms with van der Waals surface area (Å²) < 4.78 is 34.2. The summed E-state index contributed by atoms with van der Waals surface area (Å²) in [4.78, 5) is 12.8. The van der Waals surface area contributed by atoms with Crippen molar-refractivity contribution in [2.24, 2.45) is 0 Å².